The molecule has 2 aromatic rings. The highest BCUT2D eigenvalue weighted by atomic mass is 16.3. The fraction of sp³-hybridized carbons (Fsp3) is 0.300. The third kappa shape index (κ3) is 1.87. The number of aromatic nitrogens is 4. The maximum Gasteiger partial charge on any atom is 0.124 e. The Morgan fingerprint density at radius 1 is 1.40 bits per heavy atom. The lowest BCUT2D eigenvalue weighted by molar-refractivity contribution is 0.207. The van der Waals surface area contributed by atoms with E-state index in [0.29, 0.717) is 5.56 Å². The van der Waals surface area contributed by atoms with Crippen LogP contribution in [0, 0.1) is 0 Å². The van der Waals surface area contributed by atoms with Gasteiger partial charge in [0.25, 0.3) is 0 Å². The maximum absolute atomic E-state index is 10.1. The van der Waals surface area contributed by atoms with Crippen molar-refractivity contribution >= 4 is 0 Å². The third-order valence-corrected chi connectivity index (χ3v) is 2.23. The highest BCUT2D eigenvalue weighted by molar-refractivity contribution is 5.19. The second kappa shape index (κ2) is 4.18. The van der Waals surface area contributed by atoms with Crippen molar-refractivity contribution in [2.75, 3.05) is 0 Å². The first-order chi connectivity index (χ1) is 7.33. The first kappa shape index (κ1) is 9.79. The number of rotatable bonds is 3. The zero-order valence-corrected chi connectivity index (χ0v) is 8.41. The maximum atomic E-state index is 10.1. The van der Waals surface area contributed by atoms with Crippen LogP contribution >= 0.6 is 0 Å². The molecule has 1 unspecified atom stereocenters. The van der Waals surface area contributed by atoms with E-state index in [-0.39, 0.29) is 0 Å². The topological polar surface area (TPSA) is 63.8 Å². The van der Waals surface area contributed by atoms with E-state index in [9.17, 15) is 5.11 Å². The lowest BCUT2D eigenvalue weighted by Gasteiger charge is -2.11. The number of nitrogens with zero attached hydrogens (tertiary/aromatic N) is 4. The highest BCUT2D eigenvalue weighted by Gasteiger charge is 2.14. The van der Waals surface area contributed by atoms with Crippen molar-refractivity contribution in [2.45, 2.75) is 19.6 Å². The summed E-state index contributed by atoms with van der Waals surface area (Å²) in [5.41, 5.74) is 1.43. The van der Waals surface area contributed by atoms with Gasteiger partial charge in [-0.05, 0) is 13.0 Å². The predicted octanol–water partition coefficient (Wildman–Crippen LogP) is 0.775. The second-order valence-electron chi connectivity index (χ2n) is 3.15. The lowest BCUT2D eigenvalue weighted by atomic mass is 10.1. The van der Waals surface area contributed by atoms with Gasteiger partial charge in [-0.1, -0.05) is 0 Å². The Balaban J connectivity index is 2.32. The number of hydrogen-bond acceptors (Lipinski definition) is 4. The molecule has 0 fully saturated rings. The number of aliphatic hydroxyl groups is 1. The van der Waals surface area contributed by atoms with Crippen LogP contribution in [0.2, 0.25) is 0 Å². The van der Waals surface area contributed by atoms with Crippen LogP contribution in [-0.2, 0) is 6.54 Å². The van der Waals surface area contributed by atoms with E-state index in [1.54, 1.807) is 29.3 Å². The van der Waals surface area contributed by atoms with Crippen molar-refractivity contribution < 1.29 is 5.11 Å². The molecule has 5 heteroatoms. The smallest absolute Gasteiger partial charge is 0.124 e. The zero-order valence-electron chi connectivity index (χ0n) is 8.41. The van der Waals surface area contributed by atoms with Crippen molar-refractivity contribution in [3.8, 4) is 0 Å². The molecule has 1 N–H and O–H groups in total. The number of hydrogen-bond donors (Lipinski definition) is 1. The Labute approximate surface area is 87.4 Å². The summed E-state index contributed by atoms with van der Waals surface area (Å²) < 4.78 is 1.75. The molecule has 5 nitrogen and oxygen atoms in total. The van der Waals surface area contributed by atoms with Crippen LogP contribution in [0.25, 0.3) is 0 Å². The number of aryl methyl sites for hydroxylation is 1. The van der Waals surface area contributed by atoms with E-state index in [1.807, 2.05) is 6.92 Å². The molecule has 2 aromatic heterocycles. The first-order valence-corrected chi connectivity index (χ1v) is 4.77. The Morgan fingerprint density at radius 2 is 2.13 bits per heavy atom. The van der Waals surface area contributed by atoms with Gasteiger partial charge in [0.15, 0.2) is 0 Å². The van der Waals surface area contributed by atoms with Gasteiger partial charge in [-0.25, -0.2) is 9.97 Å². The monoisotopic (exact) mass is 204 g/mol. The normalized spacial score (nSPS) is 12.7. The van der Waals surface area contributed by atoms with Crippen LogP contribution in [0.5, 0.6) is 0 Å². The van der Waals surface area contributed by atoms with Crippen LogP contribution in [0.1, 0.15) is 24.3 Å². The van der Waals surface area contributed by atoms with Crippen LogP contribution in [0.4, 0.5) is 0 Å². The highest BCUT2D eigenvalue weighted by Crippen LogP contribution is 2.19. The fourth-order valence-electron chi connectivity index (χ4n) is 1.46. The van der Waals surface area contributed by atoms with Gasteiger partial charge in [0.05, 0.1) is 5.69 Å². The molecule has 0 amide bonds. The minimum Gasteiger partial charge on any atom is -0.382 e. The lowest BCUT2D eigenvalue weighted by Crippen LogP contribution is -2.09. The second-order valence-corrected chi connectivity index (χ2v) is 3.15. The summed E-state index contributed by atoms with van der Waals surface area (Å²) in [6.45, 7) is 2.71. The fourth-order valence-corrected chi connectivity index (χ4v) is 1.46. The molecule has 0 aromatic carbocycles. The molecule has 78 valence electrons. The van der Waals surface area contributed by atoms with Crippen LogP contribution in [0.15, 0.2) is 31.0 Å². The summed E-state index contributed by atoms with van der Waals surface area (Å²) >= 11 is 0. The van der Waals surface area contributed by atoms with Gasteiger partial charge in [-0.2, -0.15) is 5.10 Å². The molecule has 2 rings (SSSR count). The zero-order chi connectivity index (χ0) is 10.7. The molecule has 0 aliphatic heterocycles. The largest absolute Gasteiger partial charge is 0.382 e. The molecule has 0 saturated carbocycles. The molecule has 0 bridgehead atoms. The molecule has 1 atom stereocenters. The van der Waals surface area contributed by atoms with Gasteiger partial charge in [0.2, 0.25) is 0 Å². The van der Waals surface area contributed by atoms with Crippen molar-refractivity contribution in [2.24, 2.45) is 0 Å². The summed E-state index contributed by atoms with van der Waals surface area (Å²) in [4.78, 5) is 7.74. The van der Waals surface area contributed by atoms with Crippen LogP contribution in [-0.4, -0.2) is 24.9 Å². The van der Waals surface area contributed by atoms with Gasteiger partial charge in [-0.15, -0.1) is 0 Å². The molecule has 15 heavy (non-hydrogen) atoms. The first-order valence-electron chi connectivity index (χ1n) is 4.77. The Morgan fingerprint density at radius 3 is 2.80 bits per heavy atom. The van der Waals surface area contributed by atoms with Crippen LogP contribution < -0.4 is 0 Å². The van der Waals surface area contributed by atoms with E-state index in [1.165, 1.54) is 6.33 Å². The van der Waals surface area contributed by atoms with E-state index < -0.39 is 6.10 Å². The molecular formula is C10H12N4O. The third-order valence-electron chi connectivity index (χ3n) is 2.23. The Hall–Kier alpha value is -1.75. The van der Waals surface area contributed by atoms with Crippen molar-refractivity contribution in [3.05, 3.63) is 42.2 Å². The van der Waals surface area contributed by atoms with E-state index in [0.717, 1.165) is 12.2 Å². The average molecular weight is 204 g/mol. The predicted molar refractivity (Wildman–Crippen MR) is 54.0 cm³/mol. The summed E-state index contributed by atoms with van der Waals surface area (Å²) in [5.74, 6) is 0. The summed E-state index contributed by atoms with van der Waals surface area (Å²) in [6, 6.07) is 1.79. The average Bonchev–Trinajstić information content (AvgIpc) is 2.77. The van der Waals surface area contributed by atoms with E-state index in [4.69, 9.17) is 0 Å². The number of aliphatic hydroxyl groups excluding tert-OH is 1. The van der Waals surface area contributed by atoms with E-state index in [2.05, 4.69) is 15.1 Å². The van der Waals surface area contributed by atoms with Crippen molar-refractivity contribution in [1.82, 2.24) is 19.7 Å². The summed E-state index contributed by atoms with van der Waals surface area (Å²) in [5, 5.41) is 14.1. The molecular weight excluding hydrogens is 192 g/mol. The SMILES string of the molecule is CCn1nccc1C(O)c1cncnc1. The minimum atomic E-state index is -0.714. The quantitative estimate of drug-likeness (QED) is 0.802. The van der Waals surface area contributed by atoms with Gasteiger partial charge in [0, 0.05) is 30.7 Å². The van der Waals surface area contributed by atoms with Crippen LogP contribution in [0.3, 0.4) is 0 Å². The summed E-state index contributed by atoms with van der Waals surface area (Å²) in [7, 11) is 0. The van der Waals surface area contributed by atoms with Gasteiger partial charge < -0.3 is 5.11 Å². The minimum absolute atomic E-state index is 0.674. The Kier molecular flexibility index (Phi) is 2.73. The standard InChI is InChI=1S/C10H12N4O/c1-2-14-9(3-4-13-14)10(15)8-5-11-7-12-6-8/h3-7,10,15H,2H2,1H3. The Bertz CT molecular complexity index is 426. The molecule has 2 heterocycles. The van der Waals surface area contributed by atoms with Crippen molar-refractivity contribution in [1.29, 1.82) is 0 Å². The molecule has 0 saturated heterocycles. The molecule has 0 aliphatic rings. The van der Waals surface area contributed by atoms with Gasteiger partial charge in [0.1, 0.15) is 12.4 Å². The van der Waals surface area contributed by atoms with Crippen molar-refractivity contribution in [3.63, 3.8) is 0 Å². The molecule has 0 radical (unpaired) electrons. The van der Waals surface area contributed by atoms with Gasteiger partial charge in [-0.3, -0.25) is 4.68 Å². The summed E-state index contributed by atoms with van der Waals surface area (Å²) in [6.07, 6.45) is 5.60. The van der Waals surface area contributed by atoms with E-state index >= 15 is 0 Å². The molecule has 0 spiro atoms. The van der Waals surface area contributed by atoms with Gasteiger partial charge >= 0.3 is 0 Å². The molecule has 0 aliphatic carbocycles.